The van der Waals surface area contributed by atoms with Gasteiger partial charge in [-0.05, 0) is 19.1 Å². The Labute approximate surface area is 119 Å². The first-order valence-electron chi connectivity index (χ1n) is 6.44. The van der Waals surface area contributed by atoms with Gasteiger partial charge in [0.15, 0.2) is 11.5 Å². The number of benzene rings is 1. The zero-order valence-corrected chi connectivity index (χ0v) is 12.7. The summed E-state index contributed by atoms with van der Waals surface area (Å²) < 4.78 is 37.0. The van der Waals surface area contributed by atoms with Crippen LogP contribution in [0.3, 0.4) is 0 Å². The summed E-state index contributed by atoms with van der Waals surface area (Å²) >= 11 is 0. The van der Waals surface area contributed by atoms with Crippen molar-refractivity contribution in [1.82, 2.24) is 9.62 Å². The Balaban J connectivity index is 2.34. The predicted molar refractivity (Wildman–Crippen MR) is 75.8 cm³/mol. The molecule has 1 fully saturated rings. The smallest absolute Gasteiger partial charge is 0.243 e. The third-order valence-corrected chi connectivity index (χ3v) is 5.19. The van der Waals surface area contributed by atoms with Crippen molar-refractivity contribution in [3.8, 4) is 11.5 Å². The number of hydrogen-bond donors (Lipinski definition) is 1. The first kappa shape index (κ1) is 15.1. The maximum absolute atomic E-state index is 12.6. The molecule has 20 heavy (non-hydrogen) atoms. The molecule has 112 valence electrons. The van der Waals surface area contributed by atoms with Gasteiger partial charge in [0, 0.05) is 31.7 Å². The number of hydrogen-bond acceptors (Lipinski definition) is 5. The van der Waals surface area contributed by atoms with E-state index in [4.69, 9.17) is 9.47 Å². The van der Waals surface area contributed by atoms with E-state index in [9.17, 15) is 8.42 Å². The molecule has 7 heteroatoms. The van der Waals surface area contributed by atoms with Crippen LogP contribution >= 0.6 is 0 Å². The molecule has 0 radical (unpaired) electrons. The van der Waals surface area contributed by atoms with Crippen LogP contribution in [0.25, 0.3) is 0 Å². The highest BCUT2D eigenvalue weighted by molar-refractivity contribution is 7.89. The van der Waals surface area contributed by atoms with Crippen LogP contribution in [0.2, 0.25) is 0 Å². The summed E-state index contributed by atoms with van der Waals surface area (Å²) in [5.41, 5.74) is 0. The van der Waals surface area contributed by atoms with Crippen molar-refractivity contribution in [3.05, 3.63) is 18.2 Å². The van der Waals surface area contributed by atoms with E-state index in [1.54, 1.807) is 12.1 Å². The lowest BCUT2D eigenvalue weighted by Gasteiger charge is -2.31. The normalized spacial score (nSPS) is 20.6. The van der Waals surface area contributed by atoms with Gasteiger partial charge in [-0.1, -0.05) is 0 Å². The molecule has 1 saturated heterocycles. The molecule has 0 bridgehead atoms. The molecular weight excluding hydrogens is 280 g/mol. The summed E-state index contributed by atoms with van der Waals surface area (Å²) in [6.45, 7) is 3.57. The lowest BCUT2D eigenvalue weighted by atomic mass is 10.3. The quantitative estimate of drug-likeness (QED) is 0.886. The van der Waals surface area contributed by atoms with Crippen molar-refractivity contribution in [2.24, 2.45) is 0 Å². The number of ether oxygens (including phenoxy) is 2. The fourth-order valence-electron chi connectivity index (χ4n) is 2.24. The zero-order chi connectivity index (χ0) is 14.8. The minimum Gasteiger partial charge on any atom is -0.493 e. The molecular formula is C13H20N2O4S. The minimum atomic E-state index is -3.49. The third-order valence-electron chi connectivity index (χ3n) is 3.32. The van der Waals surface area contributed by atoms with E-state index in [0.717, 1.165) is 0 Å². The van der Waals surface area contributed by atoms with Gasteiger partial charge in [-0.25, -0.2) is 8.42 Å². The Morgan fingerprint density at radius 1 is 1.25 bits per heavy atom. The van der Waals surface area contributed by atoms with Crippen LogP contribution in [0.5, 0.6) is 11.5 Å². The van der Waals surface area contributed by atoms with E-state index >= 15 is 0 Å². The highest BCUT2D eigenvalue weighted by Crippen LogP contribution is 2.30. The van der Waals surface area contributed by atoms with E-state index in [1.165, 1.54) is 24.6 Å². The van der Waals surface area contributed by atoms with Gasteiger partial charge in [0.25, 0.3) is 0 Å². The molecule has 2 rings (SSSR count). The van der Waals surface area contributed by atoms with Crippen LogP contribution in [0.15, 0.2) is 23.1 Å². The Kier molecular flexibility index (Phi) is 4.52. The van der Waals surface area contributed by atoms with Crippen molar-refractivity contribution in [2.75, 3.05) is 33.9 Å². The minimum absolute atomic E-state index is 0.152. The molecule has 0 spiro atoms. The molecule has 0 saturated carbocycles. The summed E-state index contributed by atoms with van der Waals surface area (Å²) in [4.78, 5) is 0.226. The molecule has 0 unspecified atom stereocenters. The number of rotatable bonds is 4. The number of sulfonamides is 1. The van der Waals surface area contributed by atoms with Gasteiger partial charge in [-0.3, -0.25) is 0 Å². The van der Waals surface area contributed by atoms with Crippen molar-refractivity contribution in [1.29, 1.82) is 0 Å². The average Bonchev–Trinajstić information content (AvgIpc) is 2.46. The molecule has 0 aliphatic carbocycles. The molecule has 1 aliphatic heterocycles. The SMILES string of the molecule is COc1ccc(S(=O)(=O)N2CCN[C@@H](C)C2)cc1OC. The van der Waals surface area contributed by atoms with Crippen LogP contribution in [-0.2, 0) is 10.0 Å². The topological polar surface area (TPSA) is 67.9 Å². The van der Waals surface area contributed by atoms with Crippen LogP contribution < -0.4 is 14.8 Å². The highest BCUT2D eigenvalue weighted by atomic mass is 32.2. The number of methoxy groups -OCH3 is 2. The molecule has 1 N–H and O–H groups in total. The van der Waals surface area contributed by atoms with Gasteiger partial charge in [0.2, 0.25) is 10.0 Å². The number of nitrogens with zero attached hydrogens (tertiary/aromatic N) is 1. The monoisotopic (exact) mass is 300 g/mol. The van der Waals surface area contributed by atoms with Crippen molar-refractivity contribution < 1.29 is 17.9 Å². The molecule has 0 amide bonds. The fourth-order valence-corrected chi connectivity index (χ4v) is 3.79. The van der Waals surface area contributed by atoms with Gasteiger partial charge in [-0.2, -0.15) is 4.31 Å². The number of piperazine rings is 1. The summed E-state index contributed by atoms with van der Waals surface area (Å²) in [7, 11) is -0.490. The van der Waals surface area contributed by atoms with Crippen LogP contribution in [0, 0.1) is 0 Å². The van der Waals surface area contributed by atoms with Crippen LogP contribution in [0.1, 0.15) is 6.92 Å². The van der Waals surface area contributed by atoms with Crippen LogP contribution in [-0.4, -0.2) is 52.6 Å². The molecule has 0 aromatic heterocycles. The molecule has 6 nitrogen and oxygen atoms in total. The number of nitrogens with one attached hydrogen (secondary N) is 1. The zero-order valence-electron chi connectivity index (χ0n) is 11.9. The van der Waals surface area contributed by atoms with E-state index < -0.39 is 10.0 Å². The van der Waals surface area contributed by atoms with Gasteiger partial charge in [-0.15, -0.1) is 0 Å². The summed E-state index contributed by atoms with van der Waals surface area (Å²) in [6.07, 6.45) is 0. The van der Waals surface area contributed by atoms with Crippen molar-refractivity contribution in [2.45, 2.75) is 17.9 Å². The van der Waals surface area contributed by atoms with Gasteiger partial charge in [0.1, 0.15) is 0 Å². The highest BCUT2D eigenvalue weighted by Gasteiger charge is 2.29. The Hall–Kier alpha value is -1.31. The standard InChI is InChI=1S/C13H20N2O4S/c1-10-9-15(7-6-14-10)20(16,17)11-4-5-12(18-2)13(8-11)19-3/h4-5,8,10,14H,6-7,9H2,1-3H3/t10-/m0/s1. The molecule has 1 atom stereocenters. The van der Waals surface area contributed by atoms with Gasteiger partial charge >= 0.3 is 0 Å². The van der Waals surface area contributed by atoms with Crippen molar-refractivity contribution >= 4 is 10.0 Å². The van der Waals surface area contributed by atoms with E-state index in [-0.39, 0.29) is 10.9 Å². The first-order chi connectivity index (χ1) is 9.48. The third kappa shape index (κ3) is 2.89. The molecule has 1 heterocycles. The lowest BCUT2D eigenvalue weighted by molar-refractivity contribution is 0.310. The summed E-state index contributed by atoms with van der Waals surface area (Å²) in [6, 6.07) is 4.81. The van der Waals surface area contributed by atoms with E-state index in [2.05, 4.69) is 5.32 Å². The molecule has 1 aromatic rings. The lowest BCUT2D eigenvalue weighted by Crippen LogP contribution is -2.51. The van der Waals surface area contributed by atoms with Crippen LogP contribution in [0.4, 0.5) is 0 Å². The van der Waals surface area contributed by atoms with Gasteiger partial charge < -0.3 is 14.8 Å². The second-order valence-electron chi connectivity index (χ2n) is 4.74. The fraction of sp³-hybridized carbons (Fsp3) is 0.538. The Bertz CT molecular complexity index is 574. The maximum atomic E-state index is 12.6. The van der Waals surface area contributed by atoms with Gasteiger partial charge in [0.05, 0.1) is 19.1 Å². The summed E-state index contributed by atoms with van der Waals surface area (Å²) in [5, 5.41) is 3.23. The van der Waals surface area contributed by atoms with E-state index in [1.807, 2.05) is 6.92 Å². The largest absolute Gasteiger partial charge is 0.493 e. The maximum Gasteiger partial charge on any atom is 0.243 e. The Morgan fingerprint density at radius 3 is 2.55 bits per heavy atom. The summed E-state index contributed by atoms with van der Waals surface area (Å²) in [5.74, 6) is 0.928. The average molecular weight is 300 g/mol. The van der Waals surface area contributed by atoms with Crippen molar-refractivity contribution in [3.63, 3.8) is 0 Å². The predicted octanol–water partition coefficient (Wildman–Crippen LogP) is 0.686. The molecule has 1 aromatic carbocycles. The second-order valence-corrected chi connectivity index (χ2v) is 6.67. The molecule has 1 aliphatic rings. The first-order valence-corrected chi connectivity index (χ1v) is 7.88. The Morgan fingerprint density at radius 2 is 1.95 bits per heavy atom. The van der Waals surface area contributed by atoms with E-state index in [0.29, 0.717) is 31.1 Å². The second kappa shape index (κ2) is 5.99.